The molecule has 43 heavy (non-hydrogen) atoms. The van der Waals surface area contributed by atoms with Gasteiger partial charge in [0.05, 0.1) is 25.1 Å². The monoisotopic (exact) mass is 617 g/mol. The molecule has 4 atom stereocenters. The minimum atomic E-state index is -3.63. The van der Waals surface area contributed by atoms with Gasteiger partial charge in [-0.05, 0) is 38.0 Å². The fourth-order valence-corrected chi connectivity index (χ4v) is 5.94. The Kier molecular flexibility index (Phi) is 10.6. The molecule has 0 unspecified atom stereocenters. The topological polar surface area (TPSA) is 173 Å². The molecule has 2 aromatic heterocycles. The van der Waals surface area contributed by atoms with Gasteiger partial charge < -0.3 is 23.3 Å². The van der Waals surface area contributed by atoms with Crippen molar-refractivity contribution < 1.29 is 37.4 Å². The molecule has 2 N–H and O–H groups in total. The van der Waals surface area contributed by atoms with Gasteiger partial charge in [0.15, 0.2) is 23.5 Å². The first-order valence-corrected chi connectivity index (χ1v) is 15.5. The quantitative estimate of drug-likeness (QED) is 0.209. The maximum Gasteiger partial charge on any atom is 0.353 e. The smallest absolute Gasteiger partial charge is 0.353 e. The third-order valence-corrected chi connectivity index (χ3v) is 8.16. The lowest BCUT2D eigenvalue weighted by Gasteiger charge is -2.23. The summed E-state index contributed by atoms with van der Waals surface area (Å²) < 4.78 is 43.3. The molecule has 232 valence electrons. The maximum absolute atomic E-state index is 13.2. The van der Waals surface area contributed by atoms with E-state index >= 15 is 0 Å². The van der Waals surface area contributed by atoms with E-state index in [2.05, 4.69) is 20.3 Å². The number of anilines is 1. The molecule has 1 aliphatic rings. The van der Waals surface area contributed by atoms with Crippen LogP contribution in [0.5, 0.6) is 0 Å². The fraction of sp³-hybridized carbons (Fsp3) is 0.464. The van der Waals surface area contributed by atoms with Gasteiger partial charge in [-0.2, -0.15) is 4.98 Å². The number of hydrogen-bond donors (Lipinski definition) is 2. The lowest BCUT2D eigenvalue weighted by Crippen LogP contribution is -2.37. The van der Waals surface area contributed by atoms with E-state index in [1.54, 1.807) is 44.2 Å². The number of carbonyl (C=O) groups excluding carboxylic acids is 2. The summed E-state index contributed by atoms with van der Waals surface area (Å²) in [6.07, 6.45) is -0.950. The minimum Gasteiger partial charge on any atom is -0.453 e. The summed E-state index contributed by atoms with van der Waals surface area (Å²) in [5, 5.41) is 2.60. The number of aromatic nitrogens is 4. The molecule has 3 aromatic rings. The molecule has 1 aliphatic heterocycles. The minimum absolute atomic E-state index is 0.00525. The lowest BCUT2D eigenvalue weighted by molar-refractivity contribution is -0.116. The van der Waals surface area contributed by atoms with Gasteiger partial charge in [0.25, 0.3) is 5.56 Å². The first-order valence-electron chi connectivity index (χ1n) is 13.9. The van der Waals surface area contributed by atoms with Crippen LogP contribution in [0.4, 0.5) is 5.95 Å². The van der Waals surface area contributed by atoms with E-state index in [0.29, 0.717) is 5.56 Å². The molecule has 0 aliphatic carbocycles. The number of nitrogens with one attached hydrogen (secondary N) is 2. The zero-order chi connectivity index (χ0) is 31.1. The molecule has 15 heteroatoms. The Morgan fingerprint density at radius 1 is 1.16 bits per heavy atom. The van der Waals surface area contributed by atoms with Crippen molar-refractivity contribution in [3.8, 4) is 0 Å². The molecule has 1 amide bonds. The molecule has 4 rings (SSSR count). The van der Waals surface area contributed by atoms with Crippen LogP contribution in [0.1, 0.15) is 50.7 Å². The van der Waals surface area contributed by atoms with E-state index in [1.807, 2.05) is 13.8 Å². The van der Waals surface area contributed by atoms with Crippen molar-refractivity contribution in [1.82, 2.24) is 19.5 Å². The van der Waals surface area contributed by atoms with E-state index < -0.39 is 43.7 Å². The highest BCUT2D eigenvalue weighted by molar-refractivity contribution is 7.57. The van der Waals surface area contributed by atoms with Gasteiger partial charge in [0, 0.05) is 19.3 Å². The van der Waals surface area contributed by atoms with E-state index in [-0.39, 0.29) is 48.6 Å². The Hall–Kier alpha value is -3.68. The molecule has 1 saturated heterocycles. The summed E-state index contributed by atoms with van der Waals surface area (Å²) >= 11 is 0. The zero-order valence-corrected chi connectivity index (χ0v) is 25.5. The molecule has 1 fully saturated rings. The maximum atomic E-state index is 13.2. The fourth-order valence-electron chi connectivity index (χ4n) is 4.59. The van der Waals surface area contributed by atoms with Crippen LogP contribution in [0.15, 0.2) is 53.3 Å². The van der Waals surface area contributed by atoms with Crippen molar-refractivity contribution in [1.29, 1.82) is 0 Å². The summed E-state index contributed by atoms with van der Waals surface area (Å²) in [7, 11) is -2.22. The van der Waals surface area contributed by atoms with Crippen LogP contribution in [0.3, 0.4) is 0 Å². The van der Waals surface area contributed by atoms with Crippen LogP contribution < -0.4 is 10.9 Å². The van der Waals surface area contributed by atoms with Crippen molar-refractivity contribution in [3.63, 3.8) is 0 Å². The highest BCUT2D eigenvalue weighted by Crippen LogP contribution is 2.50. The lowest BCUT2D eigenvalue weighted by atomic mass is 10.1. The van der Waals surface area contributed by atoms with Gasteiger partial charge >= 0.3 is 13.6 Å². The number of ether oxygens (including phenoxy) is 3. The van der Waals surface area contributed by atoms with Crippen LogP contribution in [0, 0.1) is 5.92 Å². The molecular formula is C28H36N5O9P. The molecule has 1 aromatic carbocycles. The van der Waals surface area contributed by atoms with Crippen molar-refractivity contribution >= 4 is 36.6 Å². The zero-order valence-electron chi connectivity index (χ0n) is 24.6. The Labute approximate surface area is 248 Å². The highest BCUT2D eigenvalue weighted by Gasteiger charge is 2.48. The molecule has 3 heterocycles. The van der Waals surface area contributed by atoms with Gasteiger partial charge in [-0.3, -0.25) is 29.0 Å². The van der Waals surface area contributed by atoms with Crippen molar-refractivity contribution in [2.75, 3.05) is 25.6 Å². The Bertz CT molecular complexity index is 1540. The van der Waals surface area contributed by atoms with Crippen molar-refractivity contribution in [3.05, 3.63) is 64.5 Å². The van der Waals surface area contributed by atoms with Crippen LogP contribution >= 0.6 is 7.60 Å². The largest absolute Gasteiger partial charge is 0.453 e. The first kappa shape index (κ1) is 32.2. The molecule has 0 spiro atoms. The number of rotatable bonds is 13. The summed E-state index contributed by atoms with van der Waals surface area (Å²) in [6.45, 7) is 7.44. The highest BCUT2D eigenvalue weighted by atomic mass is 31.2. The second-order valence-corrected chi connectivity index (χ2v) is 11.9. The Morgan fingerprint density at radius 2 is 1.86 bits per heavy atom. The second kappa shape index (κ2) is 14.2. The number of imidazole rings is 1. The summed E-state index contributed by atoms with van der Waals surface area (Å²) in [5.41, 5.74) is -0.175. The summed E-state index contributed by atoms with van der Waals surface area (Å²) in [4.78, 5) is 49.4. The van der Waals surface area contributed by atoms with Gasteiger partial charge in [0.2, 0.25) is 11.9 Å². The standard InChI is InChI=1S/C28H36N5O9P/c1-6-39-43(37,40-7-2)14-13-19-22(42-27(36)18-11-9-8-10-12-18)23(38-5)26(41-19)33-16-29-21-24(33)31-28(32-25(21)35)30-20(34)15-17(3)4/h8-14,16-17,19,22-23,26H,6-7,15H2,1-5H3,(H2,30,31,32,34,35)/t19-,22-,23-,26-/m1/s1. The van der Waals surface area contributed by atoms with Crippen molar-refractivity contribution in [2.45, 2.75) is 58.7 Å². The number of H-pyrrole nitrogens is 1. The SMILES string of the molecule is CCOP(=O)(C=C[C@H]1O[C@@H](n2cnc3c(=O)[nH]c(NC(=O)CC(C)C)nc32)[C@H](OC)[C@@H]1OC(=O)c1ccccc1)OCC. The number of amides is 1. The van der Waals surface area contributed by atoms with Crippen LogP contribution in [0.2, 0.25) is 0 Å². The van der Waals surface area contributed by atoms with Crippen LogP contribution in [0.25, 0.3) is 11.2 Å². The average Bonchev–Trinajstić information content (AvgIpc) is 3.53. The number of carbonyl (C=O) groups is 2. The number of esters is 1. The van der Waals surface area contributed by atoms with Gasteiger partial charge in [-0.15, -0.1) is 0 Å². The number of nitrogens with zero attached hydrogens (tertiary/aromatic N) is 3. The average molecular weight is 618 g/mol. The van der Waals surface area contributed by atoms with E-state index in [4.69, 9.17) is 23.3 Å². The van der Waals surface area contributed by atoms with Gasteiger partial charge in [0.1, 0.15) is 12.2 Å². The molecule has 0 bridgehead atoms. The number of aromatic amines is 1. The Morgan fingerprint density at radius 3 is 2.49 bits per heavy atom. The van der Waals surface area contributed by atoms with Crippen LogP contribution in [-0.2, 0) is 32.6 Å². The molecule has 0 radical (unpaired) electrons. The number of methoxy groups -OCH3 is 1. The normalized spacial score (nSPS) is 20.7. The number of benzene rings is 1. The molecule has 0 saturated carbocycles. The first-order chi connectivity index (χ1) is 20.6. The summed E-state index contributed by atoms with van der Waals surface area (Å²) in [5.74, 6) is 0.349. The third kappa shape index (κ3) is 7.64. The second-order valence-electron chi connectivity index (χ2n) is 10.0. The van der Waals surface area contributed by atoms with E-state index in [0.717, 1.165) is 0 Å². The molecular weight excluding hydrogens is 581 g/mol. The van der Waals surface area contributed by atoms with Crippen LogP contribution in [-0.4, -0.2) is 70.0 Å². The van der Waals surface area contributed by atoms with Crippen molar-refractivity contribution in [2.24, 2.45) is 5.92 Å². The van der Waals surface area contributed by atoms with Gasteiger partial charge in [-0.1, -0.05) is 32.0 Å². The predicted octanol–water partition coefficient (Wildman–Crippen LogP) is 4.02. The van der Waals surface area contributed by atoms with Gasteiger partial charge in [-0.25, -0.2) is 9.78 Å². The predicted molar refractivity (Wildman–Crippen MR) is 157 cm³/mol. The molecule has 14 nitrogen and oxygen atoms in total. The number of fused-ring (bicyclic) bond motifs is 1. The Balaban J connectivity index is 1.73. The van der Waals surface area contributed by atoms with E-state index in [9.17, 15) is 18.9 Å². The third-order valence-electron chi connectivity index (χ3n) is 6.38. The number of hydrogen-bond acceptors (Lipinski definition) is 11. The van der Waals surface area contributed by atoms with E-state index in [1.165, 1.54) is 29.9 Å². The summed E-state index contributed by atoms with van der Waals surface area (Å²) in [6, 6.07) is 8.39.